The quantitative estimate of drug-likeness (QED) is 0.352. The smallest absolute Gasteiger partial charge is 0.266 e. The Balaban J connectivity index is 1.53. The normalized spacial score (nSPS) is 10.9. The number of halogens is 1. The van der Waals surface area contributed by atoms with E-state index in [1.165, 1.54) is 35.6 Å². The Labute approximate surface area is 189 Å². The number of hydrogen-bond donors (Lipinski definition) is 0. The lowest BCUT2D eigenvalue weighted by atomic mass is 10.3. The summed E-state index contributed by atoms with van der Waals surface area (Å²) in [5.41, 5.74) is 0.737. The number of aryl methyl sites for hydroxylation is 1. The molecule has 0 bridgehead atoms. The molecule has 1 amide bonds. The van der Waals surface area contributed by atoms with Gasteiger partial charge in [-0.3, -0.25) is 9.69 Å². The minimum atomic E-state index is -0.357. The predicted molar refractivity (Wildman–Crippen MR) is 122 cm³/mol. The molecule has 0 radical (unpaired) electrons. The van der Waals surface area contributed by atoms with Crippen LogP contribution in [0.2, 0.25) is 0 Å². The van der Waals surface area contributed by atoms with Gasteiger partial charge in [-0.25, -0.2) is 14.4 Å². The van der Waals surface area contributed by atoms with Gasteiger partial charge >= 0.3 is 0 Å². The zero-order chi connectivity index (χ0) is 22.3. The van der Waals surface area contributed by atoms with E-state index >= 15 is 0 Å². The SMILES string of the molecule is CCOc1cccc2sc(N(CCCn3ccnc3)C(=O)COc3ccc(F)cc3)nc12. The highest BCUT2D eigenvalue weighted by Gasteiger charge is 2.21. The highest BCUT2D eigenvalue weighted by atomic mass is 32.1. The maximum Gasteiger partial charge on any atom is 0.266 e. The van der Waals surface area contributed by atoms with E-state index in [0.29, 0.717) is 36.2 Å². The van der Waals surface area contributed by atoms with Crippen LogP contribution in [-0.4, -0.2) is 40.2 Å². The van der Waals surface area contributed by atoms with Crippen molar-refractivity contribution < 1.29 is 18.7 Å². The van der Waals surface area contributed by atoms with Crippen molar-refractivity contribution in [3.8, 4) is 11.5 Å². The molecule has 0 spiro atoms. The van der Waals surface area contributed by atoms with Crippen LogP contribution in [0.4, 0.5) is 9.52 Å². The lowest BCUT2D eigenvalue weighted by Crippen LogP contribution is -2.36. The second-order valence-corrected chi connectivity index (χ2v) is 7.98. The van der Waals surface area contributed by atoms with Gasteiger partial charge in [0.25, 0.3) is 5.91 Å². The summed E-state index contributed by atoms with van der Waals surface area (Å²) in [6.45, 7) is 3.46. The lowest BCUT2D eigenvalue weighted by Gasteiger charge is -2.20. The number of hydrogen-bond acceptors (Lipinski definition) is 6. The monoisotopic (exact) mass is 454 g/mol. The maximum atomic E-state index is 13.1. The van der Waals surface area contributed by atoms with E-state index in [9.17, 15) is 9.18 Å². The Bertz CT molecular complexity index is 1160. The second-order valence-electron chi connectivity index (χ2n) is 6.97. The first-order chi connectivity index (χ1) is 15.6. The molecule has 0 N–H and O–H groups in total. The molecule has 0 aliphatic rings. The zero-order valence-electron chi connectivity index (χ0n) is 17.6. The molecular formula is C23H23FN4O3S. The predicted octanol–water partition coefficient (Wildman–Crippen LogP) is 4.53. The Kier molecular flexibility index (Phi) is 6.96. The molecule has 166 valence electrons. The first-order valence-electron chi connectivity index (χ1n) is 10.3. The summed E-state index contributed by atoms with van der Waals surface area (Å²) in [7, 11) is 0. The average Bonchev–Trinajstić information content (AvgIpc) is 3.47. The van der Waals surface area contributed by atoms with Gasteiger partial charge < -0.3 is 14.0 Å². The third kappa shape index (κ3) is 5.23. The fourth-order valence-electron chi connectivity index (χ4n) is 3.21. The van der Waals surface area contributed by atoms with Crippen molar-refractivity contribution in [3.05, 3.63) is 67.0 Å². The van der Waals surface area contributed by atoms with Crippen LogP contribution >= 0.6 is 11.3 Å². The fraction of sp³-hybridized carbons (Fsp3) is 0.261. The van der Waals surface area contributed by atoms with Crippen LogP contribution in [0.5, 0.6) is 11.5 Å². The molecule has 32 heavy (non-hydrogen) atoms. The molecule has 4 rings (SSSR count). The number of carbonyl (C=O) groups is 1. The van der Waals surface area contributed by atoms with Crippen molar-refractivity contribution >= 4 is 32.6 Å². The summed E-state index contributed by atoms with van der Waals surface area (Å²) in [6.07, 6.45) is 6.07. The number of imidazole rings is 1. The molecular weight excluding hydrogens is 431 g/mol. The van der Waals surface area contributed by atoms with E-state index in [2.05, 4.69) is 4.98 Å². The Morgan fingerprint density at radius 3 is 2.78 bits per heavy atom. The summed E-state index contributed by atoms with van der Waals surface area (Å²) in [6, 6.07) is 11.3. The van der Waals surface area contributed by atoms with Gasteiger partial charge in [-0.2, -0.15) is 0 Å². The van der Waals surface area contributed by atoms with Crippen LogP contribution in [0.25, 0.3) is 10.2 Å². The number of anilines is 1. The number of para-hydroxylation sites is 1. The lowest BCUT2D eigenvalue weighted by molar-refractivity contribution is -0.120. The van der Waals surface area contributed by atoms with E-state index < -0.39 is 0 Å². The van der Waals surface area contributed by atoms with E-state index in [4.69, 9.17) is 14.5 Å². The number of thiazole rings is 1. The molecule has 0 aliphatic carbocycles. The Morgan fingerprint density at radius 2 is 2.03 bits per heavy atom. The van der Waals surface area contributed by atoms with Gasteiger partial charge in [0, 0.05) is 25.5 Å². The standard InChI is InChI=1S/C23H23FN4O3S/c1-2-30-19-5-3-6-20-22(19)26-23(32-20)28(13-4-12-27-14-11-25-16-27)21(29)15-31-18-9-7-17(24)8-10-18/h3,5-11,14,16H,2,4,12-13,15H2,1H3. The molecule has 0 fully saturated rings. The van der Waals surface area contributed by atoms with Crippen molar-refractivity contribution in [1.29, 1.82) is 0 Å². The largest absolute Gasteiger partial charge is 0.492 e. The van der Waals surface area contributed by atoms with Crippen LogP contribution < -0.4 is 14.4 Å². The number of amides is 1. The minimum absolute atomic E-state index is 0.176. The summed E-state index contributed by atoms with van der Waals surface area (Å²) in [5.74, 6) is 0.545. The van der Waals surface area contributed by atoms with Crippen LogP contribution in [-0.2, 0) is 11.3 Å². The second kappa shape index (κ2) is 10.2. The van der Waals surface area contributed by atoms with Gasteiger partial charge in [-0.1, -0.05) is 17.4 Å². The molecule has 4 aromatic rings. The van der Waals surface area contributed by atoms with Gasteiger partial charge in [0.1, 0.15) is 22.8 Å². The molecule has 7 nitrogen and oxygen atoms in total. The number of benzene rings is 2. The summed E-state index contributed by atoms with van der Waals surface area (Å²) >= 11 is 1.43. The van der Waals surface area contributed by atoms with Crippen LogP contribution in [0.1, 0.15) is 13.3 Å². The molecule has 0 unspecified atom stereocenters. The van der Waals surface area contributed by atoms with Crippen molar-refractivity contribution in [3.63, 3.8) is 0 Å². The third-order valence-corrected chi connectivity index (χ3v) is 5.78. The van der Waals surface area contributed by atoms with Gasteiger partial charge in [-0.05, 0) is 49.7 Å². The molecule has 2 aromatic carbocycles. The van der Waals surface area contributed by atoms with Crippen molar-refractivity contribution in [2.45, 2.75) is 19.9 Å². The summed E-state index contributed by atoms with van der Waals surface area (Å²) in [4.78, 5) is 23.5. The first kappa shape index (κ1) is 21.8. The maximum absolute atomic E-state index is 13.1. The topological polar surface area (TPSA) is 69.5 Å². The van der Waals surface area contributed by atoms with Gasteiger partial charge in [0.15, 0.2) is 11.7 Å². The number of aromatic nitrogens is 3. The number of carbonyl (C=O) groups excluding carboxylic acids is 1. The van der Waals surface area contributed by atoms with Crippen LogP contribution in [0.15, 0.2) is 61.2 Å². The Morgan fingerprint density at radius 1 is 1.19 bits per heavy atom. The van der Waals surface area contributed by atoms with Crippen molar-refractivity contribution in [1.82, 2.24) is 14.5 Å². The number of ether oxygens (including phenoxy) is 2. The molecule has 2 aromatic heterocycles. The van der Waals surface area contributed by atoms with Crippen molar-refractivity contribution in [2.75, 3.05) is 24.7 Å². The summed E-state index contributed by atoms with van der Waals surface area (Å²) < 4.78 is 27.3. The fourth-order valence-corrected chi connectivity index (χ4v) is 4.24. The first-order valence-corrected chi connectivity index (χ1v) is 11.1. The van der Waals surface area contributed by atoms with Crippen LogP contribution in [0, 0.1) is 5.82 Å². The highest BCUT2D eigenvalue weighted by molar-refractivity contribution is 7.22. The Hall–Kier alpha value is -3.46. The van der Waals surface area contributed by atoms with E-state index in [-0.39, 0.29) is 18.3 Å². The van der Waals surface area contributed by atoms with Gasteiger partial charge in [0.2, 0.25) is 0 Å². The van der Waals surface area contributed by atoms with E-state index in [1.54, 1.807) is 17.4 Å². The molecule has 0 saturated carbocycles. The van der Waals surface area contributed by atoms with E-state index in [1.807, 2.05) is 35.9 Å². The molecule has 0 atom stereocenters. The average molecular weight is 455 g/mol. The molecule has 0 aliphatic heterocycles. The van der Waals surface area contributed by atoms with Gasteiger partial charge in [0.05, 0.1) is 17.6 Å². The molecule has 9 heteroatoms. The highest BCUT2D eigenvalue weighted by Crippen LogP contribution is 2.34. The zero-order valence-corrected chi connectivity index (χ0v) is 18.4. The molecule has 2 heterocycles. The van der Waals surface area contributed by atoms with Gasteiger partial charge in [-0.15, -0.1) is 0 Å². The molecule has 0 saturated heterocycles. The third-order valence-electron chi connectivity index (χ3n) is 4.74. The number of nitrogens with zero attached hydrogens (tertiary/aromatic N) is 4. The van der Waals surface area contributed by atoms with Crippen LogP contribution in [0.3, 0.4) is 0 Å². The van der Waals surface area contributed by atoms with Crippen molar-refractivity contribution in [2.24, 2.45) is 0 Å². The number of rotatable bonds is 10. The van der Waals surface area contributed by atoms with E-state index in [0.717, 1.165) is 16.8 Å². The number of fused-ring (bicyclic) bond motifs is 1. The summed E-state index contributed by atoms with van der Waals surface area (Å²) in [5, 5.41) is 0.588. The minimum Gasteiger partial charge on any atom is -0.492 e.